The van der Waals surface area contributed by atoms with Gasteiger partial charge in [-0.1, -0.05) is 0 Å². The monoisotopic (exact) mass is 268 g/mol. The van der Waals surface area contributed by atoms with E-state index in [1.54, 1.807) is 13.0 Å². The van der Waals surface area contributed by atoms with Crippen molar-refractivity contribution in [1.29, 1.82) is 0 Å². The van der Waals surface area contributed by atoms with Gasteiger partial charge in [-0.2, -0.15) is 0 Å². The van der Waals surface area contributed by atoms with Crippen LogP contribution in [0.25, 0.3) is 22.2 Å². The minimum absolute atomic E-state index is 0.0815. The zero-order chi connectivity index (χ0) is 14.3. The van der Waals surface area contributed by atoms with Crippen molar-refractivity contribution >= 4 is 11.0 Å². The zero-order valence-electron chi connectivity index (χ0n) is 11.3. The Morgan fingerprint density at radius 3 is 2.75 bits per heavy atom. The van der Waals surface area contributed by atoms with E-state index in [4.69, 9.17) is 4.42 Å². The lowest BCUT2D eigenvalue weighted by molar-refractivity contribution is -0.660. The molecule has 20 heavy (non-hydrogen) atoms. The Morgan fingerprint density at radius 1 is 1.20 bits per heavy atom. The number of hydrogen-bond donors (Lipinski definition) is 1. The van der Waals surface area contributed by atoms with Gasteiger partial charge in [0.1, 0.15) is 29.7 Å². The molecular weight excluding hydrogens is 254 g/mol. The molecule has 1 N–H and O–H groups in total. The van der Waals surface area contributed by atoms with Crippen molar-refractivity contribution in [3.8, 4) is 17.0 Å². The third-order valence-electron chi connectivity index (χ3n) is 3.36. The van der Waals surface area contributed by atoms with Crippen molar-refractivity contribution in [3.63, 3.8) is 0 Å². The molecule has 0 amide bonds. The first-order valence-electron chi connectivity index (χ1n) is 6.29. The molecule has 0 unspecified atom stereocenters. The molecule has 2 aromatic heterocycles. The highest BCUT2D eigenvalue weighted by Gasteiger charge is 2.19. The van der Waals surface area contributed by atoms with Crippen molar-refractivity contribution < 1.29 is 14.1 Å². The molecule has 0 radical (unpaired) electrons. The van der Waals surface area contributed by atoms with Crippen molar-refractivity contribution in [3.05, 3.63) is 58.6 Å². The van der Waals surface area contributed by atoms with E-state index in [1.807, 2.05) is 36.0 Å². The van der Waals surface area contributed by atoms with Crippen LogP contribution in [0.1, 0.15) is 5.76 Å². The summed E-state index contributed by atoms with van der Waals surface area (Å²) in [6, 6.07) is 10.2. The highest BCUT2D eigenvalue weighted by atomic mass is 16.3. The summed E-state index contributed by atoms with van der Waals surface area (Å²) in [6.45, 7) is 1.76. The first-order valence-corrected chi connectivity index (χ1v) is 6.29. The fourth-order valence-electron chi connectivity index (χ4n) is 2.37. The van der Waals surface area contributed by atoms with E-state index in [0.717, 1.165) is 5.69 Å². The van der Waals surface area contributed by atoms with E-state index in [0.29, 0.717) is 22.3 Å². The molecule has 0 saturated heterocycles. The Bertz CT molecular complexity index is 865. The van der Waals surface area contributed by atoms with Gasteiger partial charge in [0.2, 0.25) is 11.1 Å². The zero-order valence-corrected chi connectivity index (χ0v) is 11.3. The van der Waals surface area contributed by atoms with Crippen LogP contribution in [0.5, 0.6) is 5.75 Å². The van der Waals surface area contributed by atoms with Gasteiger partial charge < -0.3 is 9.52 Å². The molecule has 3 aromatic rings. The van der Waals surface area contributed by atoms with Crippen LogP contribution in [0.4, 0.5) is 0 Å². The second-order valence-corrected chi connectivity index (χ2v) is 4.74. The van der Waals surface area contributed by atoms with Crippen LogP contribution >= 0.6 is 0 Å². The van der Waals surface area contributed by atoms with Crippen LogP contribution in [0.3, 0.4) is 0 Å². The van der Waals surface area contributed by atoms with Crippen LogP contribution in [-0.2, 0) is 7.05 Å². The molecule has 0 aliphatic rings. The molecular formula is C16H14NO3+. The quantitative estimate of drug-likeness (QED) is 0.689. The maximum absolute atomic E-state index is 12.7. The van der Waals surface area contributed by atoms with Gasteiger partial charge in [-0.25, -0.2) is 4.57 Å². The maximum atomic E-state index is 12.7. The van der Waals surface area contributed by atoms with Crippen LogP contribution in [0.15, 0.2) is 51.8 Å². The van der Waals surface area contributed by atoms with E-state index in [-0.39, 0.29) is 11.2 Å². The van der Waals surface area contributed by atoms with Gasteiger partial charge in [0.15, 0.2) is 6.20 Å². The fourth-order valence-corrected chi connectivity index (χ4v) is 2.37. The topological polar surface area (TPSA) is 54.3 Å². The van der Waals surface area contributed by atoms with Gasteiger partial charge in [-0.05, 0) is 25.1 Å². The highest BCUT2D eigenvalue weighted by molar-refractivity contribution is 5.82. The third-order valence-corrected chi connectivity index (χ3v) is 3.36. The van der Waals surface area contributed by atoms with Gasteiger partial charge in [0, 0.05) is 18.2 Å². The second kappa shape index (κ2) is 4.49. The van der Waals surface area contributed by atoms with Gasteiger partial charge >= 0.3 is 0 Å². The lowest BCUT2D eigenvalue weighted by Crippen LogP contribution is -2.32. The van der Waals surface area contributed by atoms with Gasteiger partial charge in [0.05, 0.1) is 5.39 Å². The average Bonchev–Trinajstić information content (AvgIpc) is 2.40. The van der Waals surface area contributed by atoms with E-state index in [2.05, 4.69) is 0 Å². The summed E-state index contributed by atoms with van der Waals surface area (Å²) in [5.74, 6) is 0.618. The molecule has 4 nitrogen and oxygen atoms in total. The number of nitrogens with zero attached hydrogens (tertiary/aromatic N) is 1. The molecule has 0 saturated carbocycles. The molecule has 0 aliphatic carbocycles. The molecule has 0 fully saturated rings. The number of aromatic nitrogens is 1. The van der Waals surface area contributed by atoms with Gasteiger partial charge in [0.25, 0.3) is 0 Å². The number of aryl methyl sites for hydroxylation is 2. The first kappa shape index (κ1) is 12.4. The van der Waals surface area contributed by atoms with Gasteiger partial charge in [-0.15, -0.1) is 0 Å². The maximum Gasteiger partial charge on any atom is 0.219 e. The number of rotatable bonds is 1. The molecule has 3 rings (SSSR count). The molecule has 4 heteroatoms. The Kier molecular flexibility index (Phi) is 2.79. The summed E-state index contributed by atoms with van der Waals surface area (Å²) in [5.41, 5.74) is 1.65. The summed E-state index contributed by atoms with van der Waals surface area (Å²) in [7, 11) is 1.88. The Morgan fingerprint density at radius 2 is 2.00 bits per heavy atom. The smallest absolute Gasteiger partial charge is 0.219 e. The number of phenols is 1. The summed E-state index contributed by atoms with van der Waals surface area (Å²) >= 11 is 0. The number of pyridine rings is 1. The SMILES string of the molecule is Cc1oc2cc(O)ccc2c(=O)c1-c1cccc[n+]1C. The average molecular weight is 268 g/mol. The normalized spacial score (nSPS) is 10.9. The minimum Gasteiger partial charge on any atom is -0.508 e. The highest BCUT2D eigenvalue weighted by Crippen LogP contribution is 2.24. The summed E-state index contributed by atoms with van der Waals surface area (Å²) in [5, 5.41) is 9.94. The Labute approximate surface area is 115 Å². The van der Waals surface area contributed by atoms with Crippen molar-refractivity contribution in [1.82, 2.24) is 0 Å². The molecule has 2 heterocycles. The first-order chi connectivity index (χ1) is 9.58. The van der Waals surface area contributed by atoms with Crippen LogP contribution in [0, 0.1) is 6.92 Å². The van der Waals surface area contributed by atoms with E-state index < -0.39 is 0 Å². The number of phenolic OH excluding ortho intramolecular Hbond substituents is 1. The molecule has 0 atom stereocenters. The van der Waals surface area contributed by atoms with Crippen molar-refractivity contribution in [2.75, 3.05) is 0 Å². The third kappa shape index (κ3) is 1.86. The predicted octanol–water partition coefficient (Wildman–Crippen LogP) is 2.30. The van der Waals surface area contributed by atoms with Crippen molar-refractivity contribution in [2.24, 2.45) is 7.05 Å². The largest absolute Gasteiger partial charge is 0.508 e. The molecule has 1 aromatic carbocycles. The summed E-state index contributed by atoms with van der Waals surface area (Å²) in [6.07, 6.45) is 1.88. The number of aromatic hydroxyl groups is 1. The molecule has 0 aliphatic heterocycles. The van der Waals surface area contributed by atoms with Gasteiger partial charge in [-0.3, -0.25) is 4.79 Å². The van der Waals surface area contributed by atoms with Crippen LogP contribution in [-0.4, -0.2) is 5.11 Å². The number of hydrogen-bond acceptors (Lipinski definition) is 3. The molecule has 0 bridgehead atoms. The Hall–Kier alpha value is -2.62. The fraction of sp³-hybridized carbons (Fsp3) is 0.125. The summed E-state index contributed by atoms with van der Waals surface area (Å²) < 4.78 is 7.57. The van der Waals surface area contributed by atoms with Crippen molar-refractivity contribution in [2.45, 2.75) is 6.92 Å². The Balaban J connectivity index is 2.41. The number of benzene rings is 1. The van der Waals surface area contributed by atoms with E-state index in [1.165, 1.54) is 12.1 Å². The minimum atomic E-state index is -0.0921. The molecule has 0 spiro atoms. The lowest BCUT2D eigenvalue weighted by Gasteiger charge is -2.05. The number of fused-ring (bicyclic) bond motifs is 1. The summed E-state index contributed by atoms with van der Waals surface area (Å²) in [4.78, 5) is 12.7. The molecule has 100 valence electrons. The van der Waals surface area contributed by atoms with Crippen LogP contribution in [0.2, 0.25) is 0 Å². The predicted molar refractivity (Wildman–Crippen MR) is 75.5 cm³/mol. The van der Waals surface area contributed by atoms with Crippen LogP contribution < -0.4 is 10.00 Å². The lowest BCUT2D eigenvalue weighted by atomic mass is 10.1. The van der Waals surface area contributed by atoms with E-state index in [9.17, 15) is 9.90 Å². The second-order valence-electron chi connectivity index (χ2n) is 4.74. The standard InChI is InChI=1S/C16H13NO3/c1-10-15(13-5-3-4-8-17(13)2)16(19)12-7-6-11(18)9-14(12)20-10/h3-9H,1-2H3/p+1. The van der Waals surface area contributed by atoms with E-state index >= 15 is 0 Å².